The molecule has 0 aliphatic carbocycles. The van der Waals surface area contributed by atoms with E-state index in [0.29, 0.717) is 0 Å². The summed E-state index contributed by atoms with van der Waals surface area (Å²) in [6.07, 6.45) is 5.18. The summed E-state index contributed by atoms with van der Waals surface area (Å²) < 4.78 is 0. The van der Waals surface area contributed by atoms with Crippen LogP contribution in [0.4, 0.5) is 0 Å². The Balaban J connectivity index is 2.03. The van der Waals surface area contributed by atoms with Gasteiger partial charge in [-0.3, -0.25) is 0 Å². The SMILES string of the molecule is Clc1cccc(CNCCCCCCBr)c1. The van der Waals surface area contributed by atoms with Crippen LogP contribution in [0.5, 0.6) is 0 Å². The first-order valence-corrected chi connectivity index (χ1v) is 7.34. The summed E-state index contributed by atoms with van der Waals surface area (Å²) >= 11 is 9.35. The summed E-state index contributed by atoms with van der Waals surface area (Å²) in [5.74, 6) is 0. The second-order valence-corrected chi connectivity index (χ2v) is 5.14. The lowest BCUT2D eigenvalue weighted by Gasteiger charge is -2.05. The van der Waals surface area contributed by atoms with Crippen molar-refractivity contribution in [1.82, 2.24) is 5.32 Å². The van der Waals surface area contributed by atoms with Gasteiger partial charge in [0, 0.05) is 16.9 Å². The van der Waals surface area contributed by atoms with Crippen molar-refractivity contribution in [2.24, 2.45) is 0 Å². The Morgan fingerprint density at radius 3 is 2.69 bits per heavy atom. The molecule has 90 valence electrons. The van der Waals surface area contributed by atoms with E-state index < -0.39 is 0 Å². The third-order valence-corrected chi connectivity index (χ3v) is 3.25. The molecule has 0 bridgehead atoms. The van der Waals surface area contributed by atoms with Crippen LogP contribution in [0, 0.1) is 0 Å². The van der Waals surface area contributed by atoms with E-state index in [0.717, 1.165) is 23.4 Å². The Bertz CT molecular complexity index is 291. The van der Waals surface area contributed by atoms with Gasteiger partial charge in [0.25, 0.3) is 0 Å². The van der Waals surface area contributed by atoms with Crippen LogP contribution in [0.15, 0.2) is 24.3 Å². The molecular formula is C13H19BrClN. The number of hydrogen-bond acceptors (Lipinski definition) is 1. The lowest BCUT2D eigenvalue weighted by Crippen LogP contribution is -2.14. The van der Waals surface area contributed by atoms with Crippen LogP contribution in [0.2, 0.25) is 5.02 Å². The van der Waals surface area contributed by atoms with Crippen LogP contribution in [0.1, 0.15) is 31.2 Å². The molecule has 0 atom stereocenters. The molecule has 0 amide bonds. The highest BCUT2D eigenvalue weighted by atomic mass is 79.9. The van der Waals surface area contributed by atoms with Crippen LogP contribution in [-0.4, -0.2) is 11.9 Å². The highest BCUT2D eigenvalue weighted by molar-refractivity contribution is 9.09. The summed E-state index contributed by atoms with van der Waals surface area (Å²) in [6, 6.07) is 8.02. The van der Waals surface area contributed by atoms with Gasteiger partial charge in [0.1, 0.15) is 0 Å². The van der Waals surface area contributed by atoms with Gasteiger partial charge in [-0.1, -0.05) is 52.5 Å². The molecule has 1 aromatic rings. The van der Waals surface area contributed by atoms with Crippen molar-refractivity contribution < 1.29 is 0 Å². The Labute approximate surface area is 112 Å². The van der Waals surface area contributed by atoms with Crippen LogP contribution < -0.4 is 5.32 Å². The average molecular weight is 305 g/mol. The van der Waals surface area contributed by atoms with Gasteiger partial charge < -0.3 is 5.32 Å². The monoisotopic (exact) mass is 303 g/mol. The fraction of sp³-hybridized carbons (Fsp3) is 0.538. The van der Waals surface area contributed by atoms with Crippen molar-refractivity contribution in [3.8, 4) is 0 Å². The van der Waals surface area contributed by atoms with Crippen molar-refractivity contribution in [3.05, 3.63) is 34.9 Å². The first-order chi connectivity index (χ1) is 7.83. The van der Waals surface area contributed by atoms with Gasteiger partial charge in [-0.25, -0.2) is 0 Å². The number of alkyl halides is 1. The maximum absolute atomic E-state index is 5.91. The number of rotatable bonds is 8. The maximum atomic E-state index is 5.91. The standard InChI is InChI=1S/C13H19BrClN/c14-8-3-1-2-4-9-16-11-12-6-5-7-13(15)10-12/h5-7,10,16H,1-4,8-9,11H2. The molecule has 0 spiro atoms. The molecule has 1 nitrogen and oxygen atoms in total. The van der Waals surface area contributed by atoms with Crippen LogP contribution >= 0.6 is 27.5 Å². The van der Waals surface area contributed by atoms with Gasteiger partial charge in [0.15, 0.2) is 0 Å². The minimum absolute atomic E-state index is 0.816. The molecular weight excluding hydrogens is 286 g/mol. The number of hydrogen-bond donors (Lipinski definition) is 1. The van der Waals surface area contributed by atoms with Gasteiger partial charge >= 0.3 is 0 Å². The smallest absolute Gasteiger partial charge is 0.0409 e. The van der Waals surface area contributed by atoms with E-state index in [1.807, 2.05) is 18.2 Å². The predicted octanol–water partition coefficient (Wildman–Crippen LogP) is 4.38. The van der Waals surface area contributed by atoms with Crippen molar-refractivity contribution >= 4 is 27.5 Å². The van der Waals surface area contributed by atoms with Crippen molar-refractivity contribution in [1.29, 1.82) is 0 Å². The predicted molar refractivity (Wildman–Crippen MR) is 75.4 cm³/mol. The summed E-state index contributed by atoms with van der Waals surface area (Å²) in [5, 5.41) is 5.38. The number of nitrogens with one attached hydrogen (secondary N) is 1. The van der Waals surface area contributed by atoms with Crippen LogP contribution in [0.25, 0.3) is 0 Å². The zero-order valence-electron chi connectivity index (χ0n) is 9.52. The minimum Gasteiger partial charge on any atom is -0.313 e. The van der Waals surface area contributed by atoms with Gasteiger partial charge in [0.05, 0.1) is 0 Å². The molecule has 1 aromatic carbocycles. The minimum atomic E-state index is 0.816. The molecule has 0 radical (unpaired) electrons. The summed E-state index contributed by atoms with van der Waals surface area (Å²) in [6.45, 7) is 2.01. The zero-order chi connectivity index (χ0) is 11.6. The molecule has 3 heteroatoms. The fourth-order valence-corrected chi connectivity index (χ4v) is 2.19. The molecule has 0 saturated heterocycles. The van der Waals surface area contributed by atoms with Crippen LogP contribution in [-0.2, 0) is 6.54 Å². The molecule has 0 fully saturated rings. The average Bonchev–Trinajstić information content (AvgIpc) is 2.28. The molecule has 0 heterocycles. The van der Waals surface area contributed by atoms with Gasteiger partial charge in [-0.15, -0.1) is 0 Å². The largest absolute Gasteiger partial charge is 0.313 e. The molecule has 1 N–H and O–H groups in total. The lowest BCUT2D eigenvalue weighted by atomic mass is 10.2. The molecule has 0 aliphatic heterocycles. The zero-order valence-corrected chi connectivity index (χ0v) is 11.9. The van der Waals surface area contributed by atoms with E-state index in [-0.39, 0.29) is 0 Å². The first-order valence-electron chi connectivity index (χ1n) is 5.84. The third-order valence-electron chi connectivity index (χ3n) is 2.46. The summed E-state index contributed by atoms with van der Waals surface area (Å²) in [4.78, 5) is 0. The van der Waals surface area contributed by atoms with Crippen molar-refractivity contribution in [2.45, 2.75) is 32.2 Å². The second kappa shape index (κ2) is 9.03. The molecule has 0 aromatic heterocycles. The Kier molecular flexibility index (Phi) is 7.91. The van der Waals surface area contributed by atoms with E-state index in [4.69, 9.17) is 11.6 Å². The fourth-order valence-electron chi connectivity index (χ4n) is 1.58. The molecule has 1 rings (SSSR count). The number of benzene rings is 1. The summed E-state index contributed by atoms with van der Waals surface area (Å²) in [7, 11) is 0. The van der Waals surface area contributed by atoms with E-state index in [1.165, 1.54) is 31.2 Å². The number of unbranched alkanes of at least 4 members (excludes halogenated alkanes) is 3. The highest BCUT2D eigenvalue weighted by Crippen LogP contribution is 2.10. The Hall–Kier alpha value is -0.0500. The van der Waals surface area contributed by atoms with E-state index in [2.05, 4.69) is 27.3 Å². The van der Waals surface area contributed by atoms with Crippen molar-refractivity contribution in [2.75, 3.05) is 11.9 Å². The Morgan fingerprint density at radius 1 is 1.12 bits per heavy atom. The van der Waals surface area contributed by atoms with E-state index in [9.17, 15) is 0 Å². The summed E-state index contributed by atoms with van der Waals surface area (Å²) in [5.41, 5.74) is 1.26. The van der Waals surface area contributed by atoms with Crippen molar-refractivity contribution in [3.63, 3.8) is 0 Å². The van der Waals surface area contributed by atoms with E-state index >= 15 is 0 Å². The van der Waals surface area contributed by atoms with E-state index in [1.54, 1.807) is 0 Å². The van der Waals surface area contributed by atoms with Gasteiger partial charge in [-0.2, -0.15) is 0 Å². The Morgan fingerprint density at radius 2 is 1.94 bits per heavy atom. The topological polar surface area (TPSA) is 12.0 Å². The molecule has 0 aliphatic rings. The molecule has 0 saturated carbocycles. The van der Waals surface area contributed by atoms with Gasteiger partial charge in [0.2, 0.25) is 0 Å². The first kappa shape index (κ1) is 14.0. The quantitative estimate of drug-likeness (QED) is 0.555. The van der Waals surface area contributed by atoms with Gasteiger partial charge in [-0.05, 0) is 37.1 Å². The normalized spacial score (nSPS) is 10.6. The lowest BCUT2D eigenvalue weighted by molar-refractivity contribution is 0.600. The van der Waals surface area contributed by atoms with Crippen LogP contribution in [0.3, 0.4) is 0 Å². The molecule has 0 unspecified atom stereocenters. The number of halogens is 2. The maximum Gasteiger partial charge on any atom is 0.0409 e. The molecule has 16 heavy (non-hydrogen) atoms. The second-order valence-electron chi connectivity index (χ2n) is 3.91. The highest BCUT2D eigenvalue weighted by Gasteiger charge is 1.94. The third kappa shape index (κ3) is 6.51.